The summed E-state index contributed by atoms with van der Waals surface area (Å²) in [6.07, 6.45) is 5.02. The minimum atomic E-state index is 0.248. The van der Waals surface area contributed by atoms with E-state index in [1.807, 2.05) is 17.9 Å². The Bertz CT molecular complexity index is 922. The molecule has 3 rings (SSSR count). The molecule has 0 radical (unpaired) electrons. The number of ether oxygens (including phenoxy) is 1. The first kappa shape index (κ1) is 19.9. The fourth-order valence-electron chi connectivity index (χ4n) is 3.08. The maximum absolute atomic E-state index is 5.87. The van der Waals surface area contributed by atoms with Crippen molar-refractivity contribution in [1.29, 1.82) is 0 Å². The number of likely N-dealkylation sites (N-methyl/N-ethyl adjacent to an activating group) is 1. The summed E-state index contributed by atoms with van der Waals surface area (Å²) in [7, 11) is 3.65. The van der Waals surface area contributed by atoms with Gasteiger partial charge in [-0.3, -0.25) is 4.68 Å². The van der Waals surface area contributed by atoms with Crippen molar-refractivity contribution in [3.8, 4) is 5.75 Å². The molecule has 0 spiro atoms. The van der Waals surface area contributed by atoms with E-state index in [9.17, 15) is 0 Å². The zero-order valence-electron chi connectivity index (χ0n) is 16.8. The van der Waals surface area contributed by atoms with Crippen molar-refractivity contribution in [3.05, 3.63) is 35.5 Å². The number of aromatic nitrogens is 4. The Balaban J connectivity index is 1.85. The van der Waals surface area contributed by atoms with Crippen LogP contribution in [-0.4, -0.2) is 47.0 Å². The molecule has 0 saturated heterocycles. The fourth-order valence-corrected chi connectivity index (χ4v) is 3.08. The number of methoxy groups -OCH3 is 1. The van der Waals surface area contributed by atoms with E-state index in [-0.39, 0.29) is 5.95 Å². The second-order valence-corrected chi connectivity index (χ2v) is 6.77. The molecule has 0 atom stereocenters. The van der Waals surface area contributed by atoms with Gasteiger partial charge in [0.1, 0.15) is 11.3 Å². The van der Waals surface area contributed by atoms with Gasteiger partial charge in [0.2, 0.25) is 5.95 Å². The zero-order valence-corrected chi connectivity index (χ0v) is 16.8. The lowest BCUT2D eigenvalue weighted by Gasteiger charge is -2.11. The highest BCUT2D eigenvalue weighted by atomic mass is 16.5. The normalized spacial score (nSPS) is 11.1. The molecule has 2 heterocycles. The quantitative estimate of drug-likeness (QED) is 0.462. The number of nitrogens with two attached hydrogens (primary N) is 1. The molecule has 2 aromatic heterocycles. The lowest BCUT2D eigenvalue weighted by molar-refractivity contribution is 0.407. The molecule has 0 fully saturated rings. The molecular weight excluding hydrogens is 354 g/mol. The second kappa shape index (κ2) is 9.36. The first-order chi connectivity index (χ1) is 13.6. The van der Waals surface area contributed by atoms with Crippen LogP contribution in [0, 0.1) is 0 Å². The summed E-state index contributed by atoms with van der Waals surface area (Å²) in [6, 6.07) is 6.32. The summed E-state index contributed by atoms with van der Waals surface area (Å²) >= 11 is 0. The maximum atomic E-state index is 5.87. The van der Waals surface area contributed by atoms with Crippen molar-refractivity contribution in [3.63, 3.8) is 0 Å². The maximum Gasteiger partial charge on any atom is 0.222 e. The molecule has 8 heteroatoms. The highest BCUT2D eigenvalue weighted by Crippen LogP contribution is 2.24. The van der Waals surface area contributed by atoms with Crippen LogP contribution in [0.5, 0.6) is 5.75 Å². The molecule has 0 aliphatic heterocycles. The van der Waals surface area contributed by atoms with E-state index in [1.165, 1.54) is 5.56 Å². The molecular formula is C20H29N7O. The molecule has 0 amide bonds. The summed E-state index contributed by atoms with van der Waals surface area (Å²) in [5.41, 5.74) is 9.63. The number of nitrogens with zero attached hydrogens (tertiary/aromatic N) is 4. The molecule has 4 N–H and O–H groups in total. The van der Waals surface area contributed by atoms with Crippen LogP contribution in [0.15, 0.2) is 24.4 Å². The number of benzene rings is 1. The lowest BCUT2D eigenvalue weighted by Crippen LogP contribution is -2.10. The minimum absolute atomic E-state index is 0.248. The Morgan fingerprint density at radius 2 is 2.07 bits per heavy atom. The summed E-state index contributed by atoms with van der Waals surface area (Å²) in [5, 5.41) is 11.2. The first-order valence-electron chi connectivity index (χ1n) is 9.69. The summed E-state index contributed by atoms with van der Waals surface area (Å²) in [6.45, 7) is 4.50. The average Bonchev–Trinajstić information content (AvgIpc) is 3.09. The van der Waals surface area contributed by atoms with Gasteiger partial charge >= 0.3 is 0 Å². The lowest BCUT2D eigenvalue weighted by atomic mass is 10.1. The van der Waals surface area contributed by atoms with E-state index in [1.54, 1.807) is 7.11 Å². The molecule has 0 aliphatic rings. The first-order valence-corrected chi connectivity index (χ1v) is 9.69. The van der Waals surface area contributed by atoms with Gasteiger partial charge in [0.05, 0.1) is 19.9 Å². The fraction of sp³-hybridized carbons (Fsp3) is 0.450. The minimum Gasteiger partial charge on any atom is -0.496 e. The third-order valence-electron chi connectivity index (χ3n) is 4.60. The largest absolute Gasteiger partial charge is 0.496 e. The van der Waals surface area contributed by atoms with Gasteiger partial charge in [0.15, 0.2) is 11.3 Å². The van der Waals surface area contributed by atoms with E-state index in [2.05, 4.69) is 50.8 Å². The number of anilines is 2. The van der Waals surface area contributed by atoms with Gasteiger partial charge in [-0.25, -0.2) is 4.98 Å². The molecule has 0 bridgehead atoms. The molecule has 0 aliphatic carbocycles. The van der Waals surface area contributed by atoms with Gasteiger partial charge in [0.25, 0.3) is 0 Å². The smallest absolute Gasteiger partial charge is 0.222 e. The van der Waals surface area contributed by atoms with Crippen LogP contribution in [0.2, 0.25) is 0 Å². The van der Waals surface area contributed by atoms with E-state index in [0.29, 0.717) is 12.4 Å². The van der Waals surface area contributed by atoms with Crippen LogP contribution < -0.4 is 21.1 Å². The van der Waals surface area contributed by atoms with Crippen LogP contribution in [0.4, 0.5) is 11.8 Å². The standard InChI is InChI=1S/C20H29N7O/c1-4-5-9-23-19-18-16(24-20(21)25-19)13-27(26-18)12-15-7-6-14(8-10-22-2)11-17(15)28-3/h6-7,11,13,22H,4-5,8-10,12H2,1-3H3,(H3,21,23,24,25). The van der Waals surface area contributed by atoms with Crippen molar-refractivity contribution in [1.82, 2.24) is 25.1 Å². The van der Waals surface area contributed by atoms with Gasteiger partial charge in [-0.15, -0.1) is 0 Å². The molecule has 3 aromatic rings. The molecule has 0 saturated carbocycles. The predicted octanol–water partition coefficient (Wildman–Crippen LogP) is 2.44. The Morgan fingerprint density at radius 1 is 1.21 bits per heavy atom. The zero-order chi connectivity index (χ0) is 19.9. The van der Waals surface area contributed by atoms with Gasteiger partial charge in [-0.1, -0.05) is 25.5 Å². The molecule has 150 valence electrons. The van der Waals surface area contributed by atoms with Gasteiger partial charge in [-0.05, 0) is 38.1 Å². The van der Waals surface area contributed by atoms with Crippen LogP contribution in [0.1, 0.15) is 30.9 Å². The third-order valence-corrected chi connectivity index (χ3v) is 4.60. The SMILES string of the molecule is CCCCNc1nc(N)nc2cn(Cc3ccc(CCNC)cc3OC)nc12. The van der Waals surface area contributed by atoms with Gasteiger partial charge in [-0.2, -0.15) is 10.1 Å². The number of hydrogen-bond donors (Lipinski definition) is 3. The number of hydrogen-bond acceptors (Lipinski definition) is 7. The number of unbranched alkanes of at least 4 members (excludes halogenated alkanes) is 1. The summed E-state index contributed by atoms with van der Waals surface area (Å²) in [4.78, 5) is 8.64. The monoisotopic (exact) mass is 383 g/mol. The van der Waals surface area contributed by atoms with Gasteiger partial charge in [0, 0.05) is 12.1 Å². The highest BCUT2D eigenvalue weighted by Gasteiger charge is 2.12. The molecule has 8 nitrogen and oxygen atoms in total. The topological polar surface area (TPSA) is 103 Å². The Hall–Kier alpha value is -2.87. The van der Waals surface area contributed by atoms with Crippen molar-refractivity contribution in [2.45, 2.75) is 32.7 Å². The van der Waals surface area contributed by atoms with Crippen molar-refractivity contribution >= 4 is 22.8 Å². The van der Waals surface area contributed by atoms with Crippen molar-refractivity contribution in [2.75, 3.05) is 38.3 Å². The highest BCUT2D eigenvalue weighted by molar-refractivity contribution is 5.85. The number of rotatable bonds is 10. The molecule has 0 unspecified atom stereocenters. The number of nitrogens with one attached hydrogen (secondary N) is 2. The Morgan fingerprint density at radius 3 is 2.82 bits per heavy atom. The second-order valence-electron chi connectivity index (χ2n) is 6.77. The average molecular weight is 384 g/mol. The van der Waals surface area contributed by atoms with E-state index in [0.717, 1.165) is 54.7 Å². The van der Waals surface area contributed by atoms with Crippen molar-refractivity contribution in [2.24, 2.45) is 0 Å². The molecule has 1 aromatic carbocycles. The van der Waals surface area contributed by atoms with E-state index < -0.39 is 0 Å². The molecule has 28 heavy (non-hydrogen) atoms. The Kier molecular flexibility index (Phi) is 6.65. The number of nitrogen functional groups attached to an aromatic ring is 1. The third kappa shape index (κ3) is 4.69. The summed E-state index contributed by atoms with van der Waals surface area (Å²) < 4.78 is 7.45. The number of fused-ring (bicyclic) bond motifs is 1. The van der Waals surface area contributed by atoms with Crippen LogP contribution in [-0.2, 0) is 13.0 Å². The summed E-state index contributed by atoms with van der Waals surface area (Å²) in [5.74, 6) is 1.79. The van der Waals surface area contributed by atoms with Gasteiger partial charge < -0.3 is 21.1 Å². The van der Waals surface area contributed by atoms with Crippen LogP contribution >= 0.6 is 0 Å². The van der Waals surface area contributed by atoms with E-state index in [4.69, 9.17) is 10.5 Å². The van der Waals surface area contributed by atoms with Crippen molar-refractivity contribution < 1.29 is 4.74 Å². The van der Waals surface area contributed by atoms with Crippen LogP contribution in [0.3, 0.4) is 0 Å². The van der Waals surface area contributed by atoms with Crippen LogP contribution in [0.25, 0.3) is 11.0 Å². The Labute approximate surface area is 165 Å². The van der Waals surface area contributed by atoms with E-state index >= 15 is 0 Å². The predicted molar refractivity (Wildman–Crippen MR) is 113 cm³/mol.